The molecule has 0 radical (unpaired) electrons. The van der Waals surface area contributed by atoms with E-state index in [1.165, 1.54) is 6.07 Å². The van der Waals surface area contributed by atoms with Crippen molar-refractivity contribution < 1.29 is 10.0 Å². The fraction of sp³-hybridized carbons (Fsp3) is 0.222. The summed E-state index contributed by atoms with van der Waals surface area (Å²) >= 11 is 0. The lowest BCUT2D eigenvalue weighted by Gasteiger charge is -2.08. The first kappa shape index (κ1) is 14.2. The summed E-state index contributed by atoms with van der Waals surface area (Å²) in [5, 5.41) is 28.7. The van der Waals surface area contributed by atoms with Crippen molar-refractivity contribution in [3.8, 4) is 11.8 Å². The lowest BCUT2D eigenvalue weighted by molar-refractivity contribution is -0.386. The van der Waals surface area contributed by atoms with Crippen LogP contribution in [0.2, 0.25) is 0 Å². The molecule has 1 atom stereocenters. The number of aromatic hydroxyl groups is 1. The maximum atomic E-state index is 10.6. The van der Waals surface area contributed by atoms with Gasteiger partial charge in [0.25, 0.3) is 0 Å². The summed E-state index contributed by atoms with van der Waals surface area (Å²) < 4.78 is 0. The van der Waals surface area contributed by atoms with Crippen LogP contribution in [0.15, 0.2) is 12.1 Å². The molecule has 0 aromatic heterocycles. The van der Waals surface area contributed by atoms with Crippen LogP contribution in [-0.4, -0.2) is 10.0 Å². The first-order valence-electron chi connectivity index (χ1n) is 4.14. The lowest BCUT2D eigenvalue weighted by Crippen LogP contribution is -2.06. The molecule has 0 amide bonds. The summed E-state index contributed by atoms with van der Waals surface area (Å²) in [5.41, 5.74) is 5.32. The van der Waals surface area contributed by atoms with E-state index in [0.29, 0.717) is 0 Å². The van der Waals surface area contributed by atoms with Gasteiger partial charge in [0.15, 0.2) is 5.75 Å². The standard InChI is InChI=1S/C9H9N3O3.ClH/c1-5(11)7-2-6(4-10)3-8(9(7)13)12(14)15;/h2-3,5,13H,11H2,1H3;1H/t5-;/m0./s1. The summed E-state index contributed by atoms with van der Waals surface area (Å²) in [6, 6.07) is 3.56. The molecule has 0 aliphatic carbocycles. The first-order chi connectivity index (χ1) is 6.97. The number of phenolic OH excluding ortho intramolecular Hbond substituents is 1. The molecule has 0 saturated carbocycles. The number of rotatable bonds is 2. The van der Waals surface area contributed by atoms with Gasteiger partial charge in [-0.3, -0.25) is 10.1 Å². The molecule has 0 bridgehead atoms. The van der Waals surface area contributed by atoms with Crippen LogP contribution >= 0.6 is 12.4 Å². The summed E-state index contributed by atoms with van der Waals surface area (Å²) in [7, 11) is 0. The third kappa shape index (κ3) is 2.59. The van der Waals surface area contributed by atoms with E-state index in [0.717, 1.165) is 6.07 Å². The summed E-state index contributed by atoms with van der Waals surface area (Å²) in [6.07, 6.45) is 0. The third-order valence-electron chi connectivity index (χ3n) is 1.94. The summed E-state index contributed by atoms with van der Waals surface area (Å²) in [5.74, 6) is -0.478. The second-order valence-corrected chi connectivity index (χ2v) is 3.09. The Labute approximate surface area is 97.9 Å². The number of phenols is 1. The molecule has 1 rings (SSSR count). The number of benzene rings is 1. The van der Waals surface area contributed by atoms with Crippen LogP contribution in [0.3, 0.4) is 0 Å². The molecule has 0 aliphatic heterocycles. The van der Waals surface area contributed by atoms with Gasteiger partial charge in [0, 0.05) is 17.7 Å². The van der Waals surface area contributed by atoms with E-state index in [4.69, 9.17) is 11.0 Å². The van der Waals surface area contributed by atoms with Crippen LogP contribution in [0.4, 0.5) is 5.69 Å². The molecule has 0 unspecified atom stereocenters. The van der Waals surface area contributed by atoms with Crippen LogP contribution in [0.25, 0.3) is 0 Å². The van der Waals surface area contributed by atoms with E-state index < -0.39 is 22.4 Å². The topological polar surface area (TPSA) is 113 Å². The highest BCUT2D eigenvalue weighted by Crippen LogP contribution is 2.33. The monoisotopic (exact) mass is 243 g/mol. The van der Waals surface area contributed by atoms with Gasteiger partial charge in [-0.25, -0.2) is 0 Å². The fourth-order valence-electron chi connectivity index (χ4n) is 1.19. The Morgan fingerprint density at radius 3 is 2.56 bits per heavy atom. The smallest absolute Gasteiger partial charge is 0.312 e. The molecule has 16 heavy (non-hydrogen) atoms. The highest BCUT2D eigenvalue weighted by Gasteiger charge is 2.20. The molecule has 0 spiro atoms. The Morgan fingerprint density at radius 2 is 2.19 bits per heavy atom. The van der Waals surface area contributed by atoms with Gasteiger partial charge in [0.1, 0.15) is 0 Å². The van der Waals surface area contributed by atoms with Gasteiger partial charge in [-0.2, -0.15) is 5.26 Å². The van der Waals surface area contributed by atoms with Crippen molar-refractivity contribution in [1.82, 2.24) is 0 Å². The van der Waals surface area contributed by atoms with Crippen molar-refractivity contribution in [1.29, 1.82) is 5.26 Å². The minimum Gasteiger partial charge on any atom is -0.502 e. The summed E-state index contributed by atoms with van der Waals surface area (Å²) in [4.78, 5) is 9.81. The Hall–Kier alpha value is -1.84. The second kappa shape index (κ2) is 5.30. The number of nitrogens with two attached hydrogens (primary N) is 1. The molecular formula is C9H10ClN3O3. The number of nitro benzene ring substituents is 1. The fourth-order valence-corrected chi connectivity index (χ4v) is 1.19. The molecule has 1 aromatic carbocycles. The highest BCUT2D eigenvalue weighted by molar-refractivity contribution is 5.85. The molecule has 3 N–H and O–H groups in total. The molecule has 1 aromatic rings. The van der Waals surface area contributed by atoms with Crippen LogP contribution < -0.4 is 5.73 Å². The maximum absolute atomic E-state index is 10.6. The molecule has 0 aliphatic rings. The van der Waals surface area contributed by atoms with E-state index in [9.17, 15) is 15.2 Å². The van der Waals surface area contributed by atoms with Crippen molar-refractivity contribution in [2.75, 3.05) is 0 Å². The lowest BCUT2D eigenvalue weighted by atomic mass is 10.0. The third-order valence-corrected chi connectivity index (χ3v) is 1.94. The van der Waals surface area contributed by atoms with Crippen LogP contribution in [0.1, 0.15) is 24.1 Å². The van der Waals surface area contributed by atoms with E-state index in [-0.39, 0.29) is 23.5 Å². The van der Waals surface area contributed by atoms with Crippen LogP contribution in [-0.2, 0) is 0 Å². The molecular weight excluding hydrogens is 234 g/mol. The van der Waals surface area contributed by atoms with Gasteiger partial charge in [-0.05, 0) is 13.0 Å². The van der Waals surface area contributed by atoms with Crippen molar-refractivity contribution in [2.24, 2.45) is 5.73 Å². The number of nitro groups is 1. The van der Waals surface area contributed by atoms with Crippen molar-refractivity contribution in [2.45, 2.75) is 13.0 Å². The Balaban J connectivity index is 0.00000225. The van der Waals surface area contributed by atoms with Crippen molar-refractivity contribution >= 4 is 18.1 Å². The van der Waals surface area contributed by atoms with Gasteiger partial charge in [-0.1, -0.05) is 0 Å². The number of nitrogens with zero attached hydrogens (tertiary/aromatic N) is 2. The molecule has 7 heteroatoms. The quantitative estimate of drug-likeness (QED) is 0.605. The van der Waals surface area contributed by atoms with Gasteiger partial charge in [0.05, 0.1) is 16.6 Å². The van der Waals surface area contributed by atoms with E-state index >= 15 is 0 Å². The van der Waals surface area contributed by atoms with E-state index in [2.05, 4.69) is 0 Å². The Kier molecular flexibility index (Phi) is 4.69. The van der Waals surface area contributed by atoms with E-state index in [1.54, 1.807) is 13.0 Å². The van der Waals surface area contributed by atoms with Gasteiger partial charge in [-0.15, -0.1) is 12.4 Å². The highest BCUT2D eigenvalue weighted by atomic mass is 35.5. The minimum atomic E-state index is -0.748. The predicted octanol–water partition coefficient (Wildman–Crippen LogP) is 1.61. The van der Waals surface area contributed by atoms with Crippen LogP contribution in [0.5, 0.6) is 5.75 Å². The number of halogens is 1. The maximum Gasteiger partial charge on any atom is 0.312 e. The molecule has 0 fully saturated rings. The average molecular weight is 244 g/mol. The zero-order chi connectivity index (χ0) is 11.6. The van der Waals surface area contributed by atoms with Crippen LogP contribution in [0, 0.1) is 21.4 Å². The van der Waals surface area contributed by atoms with Gasteiger partial charge in [0.2, 0.25) is 0 Å². The van der Waals surface area contributed by atoms with E-state index in [1.807, 2.05) is 0 Å². The van der Waals surface area contributed by atoms with Gasteiger partial charge >= 0.3 is 5.69 Å². The average Bonchev–Trinajstić information content (AvgIpc) is 2.17. The second-order valence-electron chi connectivity index (χ2n) is 3.09. The first-order valence-corrected chi connectivity index (χ1v) is 4.14. The zero-order valence-corrected chi connectivity index (χ0v) is 9.19. The predicted molar refractivity (Wildman–Crippen MR) is 59.3 cm³/mol. The molecule has 0 heterocycles. The zero-order valence-electron chi connectivity index (χ0n) is 8.38. The molecule has 6 nitrogen and oxygen atoms in total. The van der Waals surface area contributed by atoms with Gasteiger partial charge < -0.3 is 10.8 Å². The number of hydrogen-bond acceptors (Lipinski definition) is 5. The van der Waals surface area contributed by atoms with Crippen molar-refractivity contribution in [3.63, 3.8) is 0 Å². The SMILES string of the molecule is C[C@H](N)c1cc(C#N)cc([N+](=O)[O-])c1O.Cl. The minimum absolute atomic E-state index is 0. The largest absolute Gasteiger partial charge is 0.502 e. The normalized spacial score (nSPS) is 11.1. The molecule has 86 valence electrons. The number of nitriles is 1. The molecule has 0 saturated heterocycles. The van der Waals surface area contributed by atoms with Crippen molar-refractivity contribution in [3.05, 3.63) is 33.4 Å². The Morgan fingerprint density at radius 1 is 1.62 bits per heavy atom. The number of hydrogen-bond donors (Lipinski definition) is 2. The Bertz CT molecular complexity index is 454. The summed E-state index contributed by atoms with van der Waals surface area (Å²) in [6.45, 7) is 1.57.